The van der Waals surface area contributed by atoms with Crippen molar-refractivity contribution in [3.05, 3.63) is 59.3 Å². The number of hydrogen-bond donors (Lipinski definition) is 1. The average Bonchev–Trinajstić information content (AvgIpc) is 3.18. The molecule has 1 N–H and O–H groups in total. The zero-order chi connectivity index (χ0) is 22.7. The molecule has 4 rings (SSSR count). The fourth-order valence-electron chi connectivity index (χ4n) is 4.16. The van der Waals surface area contributed by atoms with Crippen LogP contribution < -0.4 is 14.8 Å². The van der Waals surface area contributed by atoms with Gasteiger partial charge in [0.15, 0.2) is 0 Å². The summed E-state index contributed by atoms with van der Waals surface area (Å²) in [6.07, 6.45) is 2.93. The van der Waals surface area contributed by atoms with E-state index in [0.717, 1.165) is 41.6 Å². The molecule has 0 saturated heterocycles. The van der Waals surface area contributed by atoms with Crippen molar-refractivity contribution in [2.45, 2.75) is 39.2 Å². The molecular weight excluding hydrogens is 406 g/mol. The van der Waals surface area contributed by atoms with E-state index in [9.17, 15) is 4.79 Å². The lowest BCUT2D eigenvalue weighted by atomic mass is 9.94. The minimum Gasteiger partial charge on any atom is -0.497 e. The minimum atomic E-state index is -0.460. The van der Waals surface area contributed by atoms with Crippen LogP contribution in [0.2, 0.25) is 0 Å². The highest BCUT2D eigenvalue weighted by Gasteiger charge is 2.36. The molecule has 168 valence electrons. The molecule has 0 saturated carbocycles. The van der Waals surface area contributed by atoms with E-state index in [0.29, 0.717) is 29.6 Å². The third kappa shape index (κ3) is 3.90. The molecule has 1 atom stereocenters. The molecule has 0 radical (unpaired) electrons. The number of imidazole rings is 1. The number of unbranched alkanes of at least 4 members (excludes halogenated alkanes) is 2. The van der Waals surface area contributed by atoms with Gasteiger partial charge in [-0.2, -0.15) is 0 Å². The van der Waals surface area contributed by atoms with E-state index in [1.165, 1.54) is 0 Å². The smallest absolute Gasteiger partial charge is 0.338 e. The minimum absolute atomic E-state index is 0.336. The summed E-state index contributed by atoms with van der Waals surface area (Å²) in [4.78, 5) is 18.1. The van der Waals surface area contributed by atoms with Gasteiger partial charge in [-0.25, -0.2) is 9.78 Å². The van der Waals surface area contributed by atoms with E-state index in [1.54, 1.807) is 14.2 Å². The van der Waals surface area contributed by atoms with Gasteiger partial charge >= 0.3 is 5.97 Å². The number of para-hydroxylation sites is 2. The number of aromatic nitrogens is 2. The van der Waals surface area contributed by atoms with Crippen LogP contribution in [0.1, 0.15) is 44.7 Å². The summed E-state index contributed by atoms with van der Waals surface area (Å²) in [5.74, 6) is 1.65. The molecule has 7 heteroatoms. The second-order valence-electron chi connectivity index (χ2n) is 7.81. The highest BCUT2D eigenvalue weighted by molar-refractivity contribution is 5.94. The number of nitrogens with one attached hydrogen (secondary N) is 1. The van der Waals surface area contributed by atoms with E-state index in [-0.39, 0.29) is 5.97 Å². The number of nitrogens with zero attached hydrogens (tertiary/aromatic N) is 2. The fraction of sp³-hybridized carbons (Fsp3) is 0.360. The van der Waals surface area contributed by atoms with Gasteiger partial charge in [-0.05, 0) is 37.6 Å². The van der Waals surface area contributed by atoms with Crippen molar-refractivity contribution in [3.8, 4) is 11.5 Å². The molecule has 3 aromatic rings. The Balaban J connectivity index is 1.86. The molecule has 0 unspecified atom stereocenters. The number of esters is 1. The number of carbonyl (C=O) groups is 1. The maximum Gasteiger partial charge on any atom is 0.338 e. The molecule has 1 aliphatic heterocycles. The number of rotatable bonds is 8. The van der Waals surface area contributed by atoms with Gasteiger partial charge in [0, 0.05) is 17.3 Å². The number of carbonyl (C=O) groups excluding carboxylic acids is 1. The SMILES string of the molecule is CCCCCOC(=O)C1=C(C)Nc2nc3ccccc3n2[C@@H]1c1ccc(OC)cc1OC. The molecule has 32 heavy (non-hydrogen) atoms. The summed E-state index contributed by atoms with van der Waals surface area (Å²) in [6, 6.07) is 13.1. The third-order valence-corrected chi connectivity index (χ3v) is 5.77. The predicted octanol–water partition coefficient (Wildman–Crippen LogP) is 5.08. The van der Waals surface area contributed by atoms with E-state index < -0.39 is 6.04 Å². The van der Waals surface area contributed by atoms with Crippen LogP contribution in [-0.2, 0) is 9.53 Å². The normalized spacial score (nSPS) is 15.3. The largest absolute Gasteiger partial charge is 0.497 e. The zero-order valence-electron chi connectivity index (χ0n) is 19.0. The Kier molecular flexibility index (Phi) is 6.35. The van der Waals surface area contributed by atoms with Crippen molar-refractivity contribution in [3.63, 3.8) is 0 Å². The van der Waals surface area contributed by atoms with Crippen LogP contribution in [-0.4, -0.2) is 36.3 Å². The summed E-state index contributed by atoms with van der Waals surface area (Å²) in [6.45, 7) is 4.40. The highest BCUT2D eigenvalue weighted by Crippen LogP contribution is 2.43. The van der Waals surface area contributed by atoms with Gasteiger partial charge < -0.3 is 19.5 Å². The van der Waals surface area contributed by atoms with Crippen molar-refractivity contribution < 1.29 is 19.0 Å². The topological polar surface area (TPSA) is 74.6 Å². The molecule has 0 fully saturated rings. The first kappa shape index (κ1) is 21.7. The monoisotopic (exact) mass is 435 g/mol. The predicted molar refractivity (Wildman–Crippen MR) is 124 cm³/mol. The van der Waals surface area contributed by atoms with Crippen molar-refractivity contribution in [2.75, 3.05) is 26.1 Å². The number of hydrogen-bond acceptors (Lipinski definition) is 6. The quantitative estimate of drug-likeness (QED) is 0.393. The van der Waals surface area contributed by atoms with Crippen molar-refractivity contribution in [1.82, 2.24) is 9.55 Å². The van der Waals surface area contributed by atoms with Gasteiger partial charge in [0.25, 0.3) is 0 Å². The van der Waals surface area contributed by atoms with Gasteiger partial charge in [-0.3, -0.25) is 4.57 Å². The van der Waals surface area contributed by atoms with E-state index in [1.807, 2.05) is 54.0 Å². The highest BCUT2D eigenvalue weighted by atomic mass is 16.5. The number of methoxy groups -OCH3 is 2. The molecule has 0 bridgehead atoms. The Morgan fingerprint density at radius 2 is 1.94 bits per heavy atom. The number of anilines is 1. The third-order valence-electron chi connectivity index (χ3n) is 5.77. The first-order valence-electron chi connectivity index (χ1n) is 10.9. The van der Waals surface area contributed by atoms with Gasteiger partial charge in [0.05, 0.1) is 43.5 Å². The maximum atomic E-state index is 13.3. The van der Waals surface area contributed by atoms with Crippen LogP contribution in [0.3, 0.4) is 0 Å². The second-order valence-corrected chi connectivity index (χ2v) is 7.81. The van der Waals surface area contributed by atoms with E-state index in [4.69, 9.17) is 19.2 Å². The van der Waals surface area contributed by atoms with Gasteiger partial charge in [0.2, 0.25) is 5.95 Å². The zero-order valence-corrected chi connectivity index (χ0v) is 19.0. The van der Waals surface area contributed by atoms with Crippen molar-refractivity contribution in [2.24, 2.45) is 0 Å². The molecule has 1 aliphatic rings. The lowest BCUT2D eigenvalue weighted by molar-refractivity contribution is -0.139. The lowest BCUT2D eigenvalue weighted by Crippen LogP contribution is -2.29. The first-order chi connectivity index (χ1) is 15.6. The molecule has 1 aromatic heterocycles. The maximum absolute atomic E-state index is 13.3. The number of allylic oxidation sites excluding steroid dienone is 1. The van der Waals surface area contributed by atoms with E-state index >= 15 is 0 Å². The lowest BCUT2D eigenvalue weighted by Gasteiger charge is -2.31. The van der Waals surface area contributed by atoms with Crippen LogP contribution in [0.5, 0.6) is 11.5 Å². The van der Waals surface area contributed by atoms with E-state index in [2.05, 4.69) is 12.2 Å². The Hall–Kier alpha value is -3.48. The standard InChI is InChI=1S/C25H29N3O4/c1-5-6-9-14-32-24(29)22-16(2)26-25-27-19-10-7-8-11-20(19)28(25)23(22)18-13-12-17(30-3)15-21(18)31-4/h7-8,10-13,15,23H,5-6,9,14H2,1-4H3,(H,26,27)/t23-/m1/s1. The average molecular weight is 436 g/mol. The molecule has 0 aliphatic carbocycles. The van der Waals surface area contributed by atoms with Crippen LogP contribution in [0.15, 0.2) is 53.7 Å². The second kappa shape index (κ2) is 9.34. The van der Waals surface area contributed by atoms with Crippen molar-refractivity contribution in [1.29, 1.82) is 0 Å². The van der Waals surface area contributed by atoms with Crippen LogP contribution in [0.25, 0.3) is 11.0 Å². The van der Waals surface area contributed by atoms with Crippen LogP contribution >= 0.6 is 0 Å². The Morgan fingerprint density at radius 3 is 2.69 bits per heavy atom. The number of benzene rings is 2. The summed E-state index contributed by atoms with van der Waals surface area (Å²) in [5.41, 5.74) is 3.86. The molecule has 0 spiro atoms. The summed E-state index contributed by atoms with van der Waals surface area (Å²) in [5, 5.41) is 3.31. The Labute approximate surface area is 188 Å². The Morgan fingerprint density at radius 1 is 1.12 bits per heavy atom. The van der Waals surface area contributed by atoms with Crippen LogP contribution in [0, 0.1) is 0 Å². The van der Waals surface area contributed by atoms with Gasteiger partial charge in [-0.15, -0.1) is 0 Å². The van der Waals surface area contributed by atoms with Gasteiger partial charge in [0.1, 0.15) is 11.5 Å². The molecule has 7 nitrogen and oxygen atoms in total. The fourth-order valence-corrected chi connectivity index (χ4v) is 4.16. The Bertz CT molecular complexity index is 1170. The summed E-state index contributed by atoms with van der Waals surface area (Å²) in [7, 11) is 3.23. The molecule has 2 heterocycles. The number of ether oxygens (including phenoxy) is 3. The first-order valence-corrected chi connectivity index (χ1v) is 10.9. The van der Waals surface area contributed by atoms with Crippen molar-refractivity contribution >= 4 is 23.0 Å². The molecule has 0 amide bonds. The number of fused-ring (bicyclic) bond motifs is 3. The van der Waals surface area contributed by atoms with Crippen LogP contribution in [0.4, 0.5) is 5.95 Å². The van der Waals surface area contributed by atoms with Gasteiger partial charge in [-0.1, -0.05) is 31.9 Å². The molecule has 2 aromatic carbocycles. The summed E-state index contributed by atoms with van der Waals surface area (Å²) < 4.78 is 18.8. The summed E-state index contributed by atoms with van der Waals surface area (Å²) >= 11 is 0. The molecular formula is C25H29N3O4.